The van der Waals surface area contributed by atoms with Gasteiger partial charge in [0, 0.05) is 36.4 Å². The zero-order valence-corrected chi connectivity index (χ0v) is 13.0. The van der Waals surface area contributed by atoms with Crippen LogP contribution in [0, 0.1) is 24.0 Å². The smallest absolute Gasteiger partial charge is 0.269 e. The molecule has 0 unspecified atom stereocenters. The average Bonchev–Trinajstić information content (AvgIpc) is 2.40. The van der Waals surface area contributed by atoms with Crippen molar-refractivity contribution in [1.29, 1.82) is 0 Å². The Morgan fingerprint density at radius 1 is 1.19 bits per heavy atom. The molecule has 0 fully saturated rings. The highest BCUT2D eigenvalue weighted by Crippen LogP contribution is 2.26. The van der Waals surface area contributed by atoms with Crippen LogP contribution < -0.4 is 4.90 Å². The van der Waals surface area contributed by atoms with Gasteiger partial charge in [-0.05, 0) is 37.1 Å². The second-order valence-electron chi connectivity index (χ2n) is 5.18. The molecule has 0 aliphatic heterocycles. The maximum Gasteiger partial charge on any atom is 0.269 e. The molecule has 2 aromatic carbocycles. The summed E-state index contributed by atoms with van der Waals surface area (Å²) in [4.78, 5) is 12.5. The minimum atomic E-state index is -0.406. The molecule has 0 saturated heterocycles. The Balaban J connectivity index is 2.28. The van der Waals surface area contributed by atoms with E-state index >= 15 is 0 Å². The maximum absolute atomic E-state index is 10.9. The molecule has 0 heterocycles. The molecule has 0 bridgehead atoms. The predicted molar refractivity (Wildman–Crippen MR) is 86.1 cm³/mol. The summed E-state index contributed by atoms with van der Waals surface area (Å²) in [5, 5.41) is 11.4. The van der Waals surface area contributed by atoms with Crippen molar-refractivity contribution < 1.29 is 4.92 Å². The van der Waals surface area contributed by atoms with Crippen molar-refractivity contribution in [3.63, 3.8) is 0 Å². The number of anilines is 1. The topological polar surface area (TPSA) is 46.4 Å². The fourth-order valence-electron chi connectivity index (χ4n) is 2.37. The summed E-state index contributed by atoms with van der Waals surface area (Å²) < 4.78 is 0. The van der Waals surface area contributed by atoms with Crippen molar-refractivity contribution in [1.82, 2.24) is 0 Å². The molecule has 0 N–H and O–H groups in total. The third-order valence-electron chi connectivity index (χ3n) is 3.41. The first-order valence-electron chi connectivity index (χ1n) is 6.59. The molecule has 0 atom stereocenters. The van der Waals surface area contributed by atoms with E-state index in [1.807, 2.05) is 31.9 Å². The van der Waals surface area contributed by atoms with E-state index in [1.165, 1.54) is 23.3 Å². The zero-order chi connectivity index (χ0) is 15.6. The third kappa shape index (κ3) is 3.52. The average molecular weight is 305 g/mol. The first-order valence-corrected chi connectivity index (χ1v) is 6.97. The Labute approximate surface area is 129 Å². The summed E-state index contributed by atoms with van der Waals surface area (Å²) in [6.07, 6.45) is 0. The highest BCUT2D eigenvalue weighted by atomic mass is 35.5. The van der Waals surface area contributed by atoms with Crippen molar-refractivity contribution in [3.05, 3.63) is 68.2 Å². The van der Waals surface area contributed by atoms with Gasteiger partial charge in [0.25, 0.3) is 5.69 Å². The summed E-state index contributed by atoms with van der Waals surface area (Å²) in [5.74, 6) is 0. The van der Waals surface area contributed by atoms with Crippen LogP contribution in [0.15, 0.2) is 36.4 Å². The molecule has 21 heavy (non-hydrogen) atoms. The monoisotopic (exact) mass is 304 g/mol. The van der Waals surface area contributed by atoms with Gasteiger partial charge in [-0.2, -0.15) is 0 Å². The molecule has 110 valence electrons. The van der Waals surface area contributed by atoms with Gasteiger partial charge in [-0.15, -0.1) is 0 Å². The summed E-state index contributed by atoms with van der Waals surface area (Å²) in [5.41, 5.74) is 4.26. The van der Waals surface area contributed by atoms with E-state index in [1.54, 1.807) is 6.07 Å². The van der Waals surface area contributed by atoms with Crippen LogP contribution in [-0.4, -0.2) is 12.0 Å². The molecule has 0 aliphatic rings. The number of hydrogen-bond acceptors (Lipinski definition) is 3. The van der Waals surface area contributed by atoms with Crippen molar-refractivity contribution in [2.24, 2.45) is 0 Å². The number of non-ortho nitro benzene ring substituents is 1. The number of nitro benzene ring substituents is 1. The lowest BCUT2D eigenvalue weighted by Gasteiger charge is -2.22. The van der Waals surface area contributed by atoms with Crippen LogP contribution in [0.5, 0.6) is 0 Å². The van der Waals surface area contributed by atoms with Gasteiger partial charge in [0.15, 0.2) is 0 Å². The second kappa shape index (κ2) is 6.14. The summed E-state index contributed by atoms with van der Waals surface area (Å²) >= 11 is 6.15. The lowest BCUT2D eigenvalue weighted by Crippen LogP contribution is -2.17. The minimum absolute atomic E-state index is 0.0587. The molecule has 2 rings (SSSR count). The van der Waals surface area contributed by atoms with Crippen molar-refractivity contribution in [3.8, 4) is 0 Å². The summed E-state index contributed by atoms with van der Waals surface area (Å²) in [6, 6.07) is 10.7. The van der Waals surface area contributed by atoms with Crippen molar-refractivity contribution in [2.45, 2.75) is 20.4 Å². The molecule has 0 radical (unpaired) electrons. The predicted octanol–water partition coefficient (Wildman–Crippen LogP) is 4.50. The molecule has 0 aliphatic carbocycles. The molecule has 0 aromatic heterocycles. The molecular weight excluding hydrogens is 288 g/mol. The zero-order valence-electron chi connectivity index (χ0n) is 12.3. The van der Waals surface area contributed by atoms with Crippen LogP contribution in [0.4, 0.5) is 11.4 Å². The van der Waals surface area contributed by atoms with Crippen molar-refractivity contribution in [2.75, 3.05) is 11.9 Å². The van der Waals surface area contributed by atoms with Gasteiger partial charge in [-0.3, -0.25) is 10.1 Å². The number of aryl methyl sites for hydroxylation is 2. The molecule has 0 spiro atoms. The molecule has 2 aromatic rings. The normalized spacial score (nSPS) is 10.5. The van der Waals surface area contributed by atoms with Gasteiger partial charge in [0.1, 0.15) is 0 Å². The fraction of sp³-hybridized carbons (Fsp3) is 0.250. The third-order valence-corrected chi connectivity index (χ3v) is 3.78. The SMILES string of the molecule is Cc1ccc(N(C)Cc2cc([N+](=O)[O-])ccc2Cl)c(C)c1. The van der Waals surface area contributed by atoms with Crippen molar-refractivity contribution >= 4 is 23.0 Å². The van der Waals surface area contributed by atoms with Crippen LogP contribution >= 0.6 is 11.6 Å². The highest BCUT2D eigenvalue weighted by molar-refractivity contribution is 6.31. The highest BCUT2D eigenvalue weighted by Gasteiger charge is 2.12. The minimum Gasteiger partial charge on any atom is -0.370 e. The number of nitrogens with zero attached hydrogens (tertiary/aromatic N) is 2. The van der Waals surface area contributed by atoms with E-state index in [0.29, 0.717) is 11.6 Å². The quantitative estimate of drug-likeness (QED) is 0.617. The van der Waals surface area contributed by atoms with Crippen LogP contribution in [0.2, 0.25) is 5.02 Å². The lowest BCUT2D eigenvalue weighted by atomic mass is 10.1. The molecule has 5 heteroatoms. The Morgan fingerprint density at radius 2 is 1.90 bits per heavy atom. The number of rotatable bonds is 4. The number of halogens is 1. The fourth-order valence-corrected chi connectivity index (χ4v) is 2.55. The first-order chi connectivity index (χ1) is 9.88. The lowest BCUT2D eigenvalue weighted by molar-refractivity contribution is -0.384. The van der Waals surface area contributed by atoms with E-state index in [4.69, 9.17) is 11.6 Å². The van der Waals surface area contributed by atoms with E-state index in [9.17, 15) is 10.1 Å². The van der Waals surface area contributed by atoms with Crippen LogP contribution in [0.25, 0.3) is 0 Å². The standard InChI is InChI=1S/C16H17ClN2O2/c1-11-4-7-16(12(2)8-11)18(3)10-13-9-14(19(20)21)5-6-15(13)17/h4-9H,10H2,1-3H3. The van der Waals surface area contributed by atoms with E-state index < -0.39 is 4.92 Å². The Bertz CT molecular complexity index is 686. The number of hydrogen-bond donors (Lipinski definition) is 0. The van der Waals surface area contributed by atoms with Crippen LogP contribution in [0.1, 0.15) is 16.7 Å². The maximum atomic E-state index is 10.9. The van der Waals surface area contributed by atoms with E-state index in [2.05, 4.69) is 12.1 Å². The second-order valence-corrected chi connectivity index (χ2v) is 5.59. The molecule has 0 amide bonds. The molecule has 4 nitrogen and oxygen atoms in total. The number of benzene rings is 2. The Hall–Kier alpha value is -2.07. The Morgan fingerprint density at radius 3 is 2.52 bits per heavy atom. The van der Waals surface area contributed by atoms with Gasteiger partial charge in [0.05, 0.1) is 4.92 Å². The first kappa shape index (κ1) is 15.3. The van der Waals surface area contributed by atoms with Gasteiger partial charge < -0.3 is 4.90 Å². The van der Waals surface area contributed by atoms with Gasteiger partial charge in [0.2, 0.25) is 0 Å². The van der Waals surface area contributed by atoms with Crippen LogP contribution in [0.3, 0.4) is 0 Å². The summed E-state index contributed by atoms with van der Waals surface area (Å²) in [7, 11) is 1.95. The summed E-state index contributed by atoms with van der Waals surface area (Å²) in [6.45, 7) is 4.62. The molecule has 0 saturated carbocycles. The largest absolute Gasteiger partial charge is 0.370 e. The van der Waals surface area contributed by atoms with Gasteiger partial charge >= 0.3 is 0 Å². The molecular formula is C16H17ClN2O2. The van der Waals surface area contributed by atoms with Gasteiger partial charge in [-0.1, -0.05) is 29.3 Å². The van der Waals surface area contributed by atoms with E-state index in [0.717, 1.165) is 11.3 Å². The van der Waals surface area contributed by atoms with E-state index in [-0.39, 0.29) is 5.69 Å². The number of nitro groups is 1. The Kier molecular flexibility index (Phi) is 4.48. The van der Waals surface area contributed by atoms with Gasteiger partial charge in [-0.25, -0.2) is 0 Å². The van der Waals surface area contributed by atoms with Crippen LogP contribution in [-0.2, 0) is 6.54 Å².